The zero-order chi connectivity index (χ0) is 17.0. The number of amides is 1. The molecule has 1 aliphatic heterocycles. The predicted molar refractivity (Wildman–Crippen MR) is 95.5 cm³/mol. The number of benzene rings is 1. The molecule has 1 aliphatic rings. The van der Waals surface area contributed by atoms with E-state index in [0.717, 1.165) is 5.56 Å². The first-order valence-corrected chi connectivity index (χ1v) is 8.93. The summed E-state index contributed by atoms with van der Waals surface area (Å²) in [6.45, 7) is 3.96. The Kier molecular flexibility index (Phi) is 6.26. The molecule has 0 radical (unpaired) electrons. The normalized spacial score (nSPS) is 23.8. The van der Waals surface area contributed by atoms with E-state index in [0.29, 0.717) is 6.42 Å². The second-order valence-corrected chi connectivity index (χ2v) is 7.73. The van der Waals surface area contributed by atoms with Crippen molar-refractivity contribution >= 4 is 34.7 Å². The number of alkyl halides is 1. The van der Waals surface area contributed by atoms with E-state index in [2.05, 4.69) is 22.6 Å². The minimum absolute atomic E-state index is 0.163. The molecule has 1 heterocycles. The van der Waals surface area contributed by atoms with Gasteiger partial charge < -0.3 is 9.47 Å². The van der Waals surface area contributed by atoms with Crippen molar-refractivity contribution in [2.24, 2.45) is 0 Å². The topological polar surface area (TPSA) is 55.8 Å². The van der Waals surface area contributed by atoms with Gasteiger partial charge in [0.25, 0.3) is 0 Å². The van der Waals surface area contributed by atoms with Crippen LogP contribution in [0.4, 0.5) is 4.79 Å². The molecule has 0 saturated carbocycles. The zero-order valence-electron chi connectivity index (χ0n) is 13.6. The standard InChI is InChI=1S/C17H22INO4/c1-11(18)15-9-14(10-16(20)22-3)19(17(21)23-15)12(2)13-7-5-4-6-8-13/h4-8,11-12,14-15H,9-10H2,1-3H3/t11-,12+,14+,15+/m0/s1. The fourth-order valence-corrected chi connectivity index (χ4v) is 3.31. The molecule has 1 saturated heterocycles. The van der Waals surface area contributed by atoms with Gasteiger partial charge in [0.1, 0.15) is 6.10 Å². The van der Waals surface area contributed by atoms with E-state index in [-0.39, 0.29) is 40.6 Å². The minimum Gasteiger partial charge on any atom is -0.469 e. The highest BCUT2D eigenvalue weighted by Crippen LogP contribution is 2.33. The average Bonchev–Trinajstić information content (AvgIpc) is 2.54. The lowest BCUT2D eigenvalue weighted by atomic mass is 9.97. The fraction of sp³-hybridized carbons (Fsp3) is 0.529. The maximum Gasteiger partial charge on any atom is 0.410 e. The Morgan fingerprint density at radius 1 is 1.39 bits per heavy atom. The van der Waals surface area contributed by atoms with Gasteiger partial charge in [-0.05, 0) is 19.4 Å². The number of carbonyl (C=O) groups excluding carboxylic acids is 2. The molecule has 1 aromatic carbocycles. The fourth-order valence-electron chi connectivity index (χ4n) is 2.87. The largest absolute Gasteiger partial charge is 0.469 e. The summed E-state index contributed by atoms with van der Waals surface area (Å²) in [4.78, 5) is 26.0. The van der Waals surface area contributed by atoms with E-state index in [1.807, 2.05) is 44.2 Å². The van der Waals surface area contributed by atoms with Crippen molar-refractivity contribution in [1.29, 1.82) is 0 Å². The van der Waals surface area contributed by atoms with Gasteiger partial charge in [0.15, 0.2) is 0 Å². The van der Waals surface area contributed by atoms with Gasteiger partial charge in [-0.2, -0.15) is 0 Å². The average molecular weight is 431 g/mol. The highest BCUT2D eigenvalue weighted by Gasteiger charge is 2.40. The Morgan fingerprint density at radius 2 is 2.04 bits per heavy atom. The van der Waals surface area contributed by atoms with E-state index in [9.17, 15) is 9.59 Å². The van der Waals surface area contributed by atoms with Gasteiger partial charge in [0, 0.05) is 16.4 Å². The number of ether oxygens (including phenoxy) is 2. The Labute approximate surface area is 150 Å². The minimum atomic E-state index is -0.366. The number of halogens is 1. The Bertz CT molecular complexity index is 549. The first-order valence-electron chi connectivity index (χ1n) is 7.68. The third-order valence-electron chi connectivity index (χ3n) is 4.20. The summed E-state index contributed by atoms with van der Waals surface area (Å²) in [5.74, 6) is -0.310. The molecule has 0 aliphatic carbocycles. The van der Waals surface area contributed by atoms with Crippen LogP contribution in [-0.4, -0.2) is 40.1 Å². The van der Waals surface area contributed by atoms with Crippen molar-refractivity contribution in [3.8, 4) is 0 Å². The van der Waals surface area contributed by atoms with Crippen molar-refractivity contribution in [1.82, 2.24) is 4.90 Å². The van der Waals surface area contributed by atoms with Gasteiger partial charge in [0.05, 0.1) is 19.6 Å². The van der Waals surface area contributed by atoms with Gasteiger partial charge in [-0.15, -0.1) is 0 Å². The molecule has 4 atom stereocenters. The lowest BCUT2D eigenvalue weighted by Gasteiger charge is -2.42. The van der Waals surface area contributed by atoms with Crippen LogP contribution < -0.4 is 0 Å². The van der Waals surface area contributed by atoms with Crippen molar-refractivity contribution in [3.63, 3.8) is 0 Å². The lowest BCUT2D eigenvalue weighted by Crippen LogP contribution is -2.52. The molecule has 1 fully saturated rings. The SMILES string of the molecule is COC(=O)C[C@H]1C[C@H]([C@H](C)I)OC(=O)N1[C@H](C)c1ccccc1. The van der Waals surface area contributed by atoms with Gasteiger partial charge >= 0.3 is 12.1 Å². The lowest BCUT2D eigenvalue weighted by molar-refractivity contribution is -0.143. The summed E-state index contributed by atoms with van der Waals surface area (Å²) in [5, 5.41) is 0. The van der Waals surface area contributed by atoms with Gasteiger partial charge in [-0.1, -0.05) is 52.9 Å². The third-order valence-corrected chi connectivity index (χ3v) is 5.00. The van der Waals surface area contributed by atoms with Crippen LogP contribution in [-0.2, 0) is 14.3 Å². The van der Waals surface area contributed by atoms with Crippen LogP contribution in [0.15, 0.2) is 30.3 Å². The van der Waals surface area contributed by atoms with Crippen LogP contribution in [0.2, 0.25) is 0 Å². The molecule has 126 valence electrons. The first kappa shape index (κ1) is 18.0. The second-order valence-electron chi connectivity index (χ2n) is 5.76. The van der Waals surface area contributed by atoms with Crippen LogP contribution >= 0.6 is 22.6 Å². The first-order chi connectivity index (χ1) is 10.9. The number of methoxy groups -OCH3 is 1. The maximum absolute atomic E-state index is 12.6. The third kappa shape index (κ3) is 4.37. The van der Waals surface area contributed by atoms with Crippen LogP contribution in [0, 0.1) is 0 Å². The molecule has 2 rings (SSSR count). The van der Waals surface area contributed by atoms with E-state index in [1.165, 1.54) is 7.11 Å². The van der Waals surface area contributed by atoms with E-state index in [4.69, 9.17) is 9.47 Å². The summed E-state index contributed by atoms with van der Waals surface area (Å²) in [7, 11) is 1.37. The molecule has 5 nitrogen and oxygen atoms in total. The van der Waals surface area contributed by atoms with Crippen molar-refractivity contribution in [3.05, 3.63) is 35.9 Å². The zero-order valence-corrected chi connectivity index (χ0v) is 15.7. The second kappa shape index (κ2) is 7.99. The van der Waals surface area contributed by atoms with Crippen LogP contribution in [0.25, 0.3) is 0 Å². The van der Waals surface area contributed by atoms with Crippen LogP contribution in [0.3, 0.4) is 0 Å². The number of esters is 1. The molecule has 0 N–H and O–H groups in total. The summed E-state index contributed by atoms with van der Waals surface area (Å²) < 4.78 is 10.6. The van der Waals surface area contributed by atoms with Crippen LogP contribution in [0.5, 0.6) is 0 Å². The highest BCUT2D eigenvalue weighted by atomic mass is 127. The molecule has 0 unspecified atom stereocenters. The van der Waals surface area contributed by atoms with E-state index in [1.54, 1.807) is 4.90 Å². The summed E-state index contributed by atoms with van der Waals surface area (Å²) in [6, 6.07) is 9.37. The van der Waals surface area contributed by atoms with E-state index < -0.39 is 0 Å². The summed E-state index contributed by atoms with van der Waals surface area (Å²) in [6.07, 6.45) is 0.261. The number of nitrogens with zero attached hydrogens (tertiary/aromatic N) is 1. The molecule has 23 heavy (non-hydrogen) atoms. The van der Waals surface area contributed by atoms with Crippen molar-refractivity contribution in [2.45, 2.75) is 48.8 Å². The molecule has 6 heteroatoms. The van der Waals surface area contributed by atoms with Crippen LogP contribution in [0.1, 0.15) is 38.3 Å². The van der Waals surface area contributed by atoms with E-state index >= 15 is 0 Å². The highest BCUT2D eigenvalue weighted by molar-refractivity contribution is 14.1. The van der Waals surface area contributed by atoms with Gasteiger partial charge in [0.2, 0.25) is 0 Å². The monoisotopic (exact) mass is 431 g/mol. The summed E-state index contributed by atoms with van der Waals surface area (Å²) in [5.41, 5.74) is 1.01. The molecular weight excluding hydrogens is 409 g/mol. The molecule has 0 spiro atoms. The smallest absolute Gasteiger partial charge is 0.410 e. The molecule has 1 aromatic rings. The Hall–Kier alpha value is -1.31. The number of cyclic esters (lactones) is 1. The van der Waals surface area contributed by atoms with Crippen molar-refractivity contribution < 1.29 is 19.1 Å². The van der Waals surface area contributed by atoms with Gasteiger partial charge in [-0.3, -0.25) is 9.69 Å². The molecule has 1 amide bonds. The number of hydrogen-bond acceptors (Lipinski definition) is 4. The maximum atomic E-state index is 12.6. The number of rotatable bonds is 5. The quantitative estimate of drug-likeness (QED) is 0.405. The van der Waals surface area contributed by atoms with Gasteiger partial charge in [-0.25, -0.2) is 4.79 Å². The summed E-state index contributed by atoms with van der Waals surface area (Å²) >= 11 is 2.25. The molecule has 0 aromatic heterocycles. The Balaban J connectivity index is 2.25. The number of hydrogen-bond donors (Lipinski definition) is 0. The molecular formula is C17H22INO4. The number of carbonyl (C=O) groups is 2. The van der Waals surface area contributed by atoms with Crippen molar-refractivity contribution in [2.75, 3.05) is 7.11 Å². The Morgan fingerprint density at radius 3 is 2.61 bits per heavy atom. The molecule has 0 bridgehead atoms. The predicted octanol–water partition coefficient (Wildman–Crippen LogP) is 3.71.